The number of amides is 1. The minimum absolute atomic E-state index is 0.189. The molecule has 0 atom stereocenters. The second kappa shape index (κ2) is 5.62. The summed E-state index contributed by atoms with van der Waals surface area (Å²) in [6, 6.07) is 0. The van der Waals surface area contributed by atoms with Gasteiger partial charge in [0.05, 0.1) is 23.0 Å². The fourth-order valence-corrected chi connectivity index (χ4v) is 2.09. The van der Waals surface area contributed by atoms with Crippen molar-refractivity contribution in [2.75, 3.05) is 26.3 Å². The van der Waals surface area contributed by atoms with E-state index < -0.39 is 0 Å². The Morgan fingerprint density at radius 2 is 2.25 bits per heavy atom. The highest BCUT2D eigenvalue weighted by Crippen LogP contribution is 2.04. The lowest BCUT2D eigenvalue weighted by molar-refractivity contribution is -0.135. The van der Waals surface area contributed by atoms with E-state index in [0.717, 1.165) is 16.7 Å². The van der Waals surface area contributed by atoms with Crippen LogP contribution >= 0.6 is 22.6 Å². The lowest BCUT2D eigenvalue weighted by atomic mass is 10.3. The van der Waals surface area contributed by atoms with Gasteiger partial charge in [-0.05, 0) is 22.6 Å². The first kappa shape index (κ1) is 11.8. The first-order valence-corrected chi connectivity index (χ1v) is 6.37. The van der Waals surface area contributed by atoms with Gasteiger partial charge in [0.25, 0.3) is 0 Å². The molecule has 1 amide bonds. The van der Waals surface area contributed by atoms with Crippen LogP contribution in [0, 0.1) is 3.57 Å². The van der Waals surface area contributed by atoms with E-state index in [1.54, 1.807) is 10.9 Å². The van der Waals surface area contributed by atoms with Gasteiger partial charge in [0.15, 0.2) is 0 Å². The Bertz CT molecular complexity index is 361. The van der Waals surface area contributed by atoms with Crippen LogP contribution in [0.5, 0.6) is 0 Å². The Labute approximate surface area is 108 Å². The normalized spacial score (nSPS) is 16.4. The average molecular weight is 335 g/mol. The highest BCUT2D eigenvalue weighted by atomic mass is 127. The van der Waals surface area contributed by atoms with Crippen molar-refractivity contribution < 1.29 is 9.53 Å². The minimum atomic E-state index is 0.189. The predicted molar refractivity (Wildman–Crippen MR) is 67.0 cm³/mol. The van der Waals surface area contributed by atoms with E-state index in [-0.39, 0.29) is 5.91 Å². The third kappa shape index (κ3) is 3.18. The zero-order chi connectivity index (χ0) is 11.4. The Hall–Kier alpha value is -0.630. The molecule has 0 aliphatic carbocycles. The van der Waals surface area contributed by atoms with E-state index in [0.29, 0.717) is 26.2 Å². The average Bonchev–Trinajstić information content (AvgIpc) is 2.73. The number of hydrogen-bond acceptors (Lipinski definition) is 3. The van der Waals surface area contributed by atoms with Crippen LogP contribution < -0.4 is 0 Å². The molecule has 2 rings (SSSR count). The molecule has 1 aromatic rings. The van der Waals surface area contributed by atoms with Crippen molar-refractivity contribution in [1.82, 2.24) is 14.7 Å². The van der Waals surface area contributed by atoms with E-state index in [4.69, 9.17) is 4.74 Å². The molecule has 16 heavy (non-hydrogen) atoms. The molecule has 0 N–H and O–H groups in total. The van der Waals surface area contributed by atoms with Gasteiger partial charge in [0, 0.05) is 32.3 Å². The van der Waals surface area contributed by atoms with Crippen molar-refractivity contribution in [2.24, 2.45) is 0 Å². The number of ether oxygens (including phenoxy) is 1. The van der Waals surface area contributed by atoms with E-state index in [1.165, 1.54) is 0 Å². The first-order valence-electron chi connectivity index (χ1n) is 5.29. The molecule has 2 heterocycles. The second-order valence-electron chi connectivity index (χ2n) is 3.66. The van der Waals surface area contributed by atoms with Crippen LogP contribution in [-0.4, -0.2) is 46.9 Å². The van der Waals surface area contributed by atoms with Crippen LogP contribution in [0.3, 0.4) is 0 Å². The van der Waals surface area contributed by atoms with Crippen LogP contribution in [0.25, 0.3) is 0 Å². The maximum absolute atomic E-state index is 11.8. The summed E-state index contributed by atoms with van der Waals surface area (Å²) >= 11 is 2.21. The Kier molecular flexibility index (Phi) is 4.16. The van der Waals surface area contributed by atoms with Gasteiger partial charge in [-0.1, -0.05) is 0 Å². The van der Waals surface area contributed by atoms with Crippen molar-refractivity contribution in [3.05, 3.63) is 16.0 Å². The number of hydrogen-bond donors (Lipinski definition) is 0. The van der Waals surface area contributed by atoms with E-state index in [2.05, 4.69) is 27.7 Å². The minimum Gasteiger partial charge on any atom is -0.378 e. The van der Waals surface area contributed by atoms with Gasteiger partial charge in [0.1, 0.15) is 0 Å². The summed E-state index contributed by atoms with van der Waals surface area (Å²) in [4.78, 5) is 13.7. The highest BCUT2D eigenvalue weighted by Gasteiger charge is 2.16. The van der Waals surface area contributed by atoms with Crippen LogP contribution in [0.2, 0.25) is 0 Å². The van der Waals surface area contributed by atoms with Gasteiger partial charge in [-0.3, -0.25) is 9.48 Å². The van der Waals surface area contributed by atoms with Crippen molar-refractivity contribution in [2.45, 2.75) is 13.0 Å². The molecule has 0 spiro atoms. The zero-order valence-electron chi connectivity index (χ0n) is 8.93. The predicted octanol–water partition coefficient (Wildman–Crippen LogP) is 0.737. The molecule has 1 aliphatic rings. The fraction of sp³-hybridized carbons (Fsp3) is 0.600. The SMILES string of the molecule is O=C(CCn1cc(I)cn1)N1CCOCC1. The van der Waals surface area contributed by atoms with Crippen molar-refractivity contribution in [1.29, 1.82) is 0 Å². The smallest absolute Gasteiger partial charge is 0.224 e. The third-order valence-corrected chi connectivity index (χ3v) is 3.08. The Morgan fingerprint density at radius 1 is 1.50 bits per heavy atom. The molecule has 1 fully saturated rings. The topological polar surface area (TPSA) is 47.4 Å². The summed E-state index contributed by atoms with van der Waals surface area (Å²) in [6.07, 6.45) is 4.24. The molecule has 1 aromatic heterocycles. The molecule has 5 nitrogen and oxygen atoms in total. The quantitative estimate of drug-likeness (QED) is 0.766. The lowest BCUT2D eigenvalue weighted by Gasteiger charge is -2.26. The summed E-state index contributed by atoms with van der Waals surface area (Å²) in [6.45, 7) is 3.40. The molecule has 6 heteroatoms. The number of aromatic nitrogens is 2. The zero-order valence-corrected chi connectivity index (χ0v) is 11.1. The van der Waals surface area contributed by atoms with E-state index in [9.17, 15) is 4.79 Å². The fourth-order valence-electron chi connectivity index (χ4n) is 1.64. The van der Waals surface area contributed by atoms with Gasteiger partial charge < -0.3 is 9.64 Å². The van der Waals surface area contributed by atoms with Crippen molar-refractivity contribution in [3.8, 4) is 0 Å². The summed E-state index contributed by atoms with van der Waals surface area (Å²) in [5, 5.41) is 4.15. The van der Waals surface area contributed by atoms with E-state index in [1.807, 2.05) is 11.1 Å². The van der Waals surface area contributed by atoms with Crippen LogP contribution in [0.15, 0.2) is 12.4 Å². The van der Waals surface area contributed by atoms with Crippen LogP contribution in [0.4, 0.5) is 0 Å². The first-order chi connectivity index (χ1) is 7.75. The van der Waals surface area contributed by atoms with Crippen LogP contribution in [0.1, 0.15) is 6.42 Å². The molecule has 0 unspecified atom stereocenters. The monoisotopic (exact) mass is 335 g/mol. The molecular formula is C10H14IN3O2. The number of rotatable bonds is 3. The summed E-state index contributed by atoms with van der Waals surface area (Å²) < 4.78 is 8.10. The van der Waals surface area contributed by atoms with Gasteiger partial charge in [-0.25, -0.2) is 0 Å². The molecule has 0 bridgehead atoms. The molecule has 88 valence electrons. The van der Waals surface area contributed by atoms with Gasteiger partial charge >= 0.3 is 0 Å². The van der Waals surface area contributed by atoms with E-state index >= 15 is 0 Å². The Balaban J connectivity index is 1.78. The summed E-state index contributed by atoms with van der Waals surface area (Å²) in [5.41, 5.74) is 0. The number of carbonyl (C=O) groups excluding carboxylic acids is 1. The number of nitrogens with zero attached hydrogens (tertiary/aromatic N) is 3. The molecule has 1 saturated heterocycles. The standard InChI is InChI=1S/C10H14IN3O2/c11-9-7-12-14(8-9)2-1-10(15)13-3-5-16-6-4-13/h7-8H,1-6H2. The number of aryl methyl sites for hydroxylation is 1. The maximum atomic E-state index is 11.8. The Morgan fingerprint density at radius 3 is 2.88 bits per heavy atom. The number of carbonyl (C=O) groups is 1. The molecule has 1 aliphatic heterocycles. The summed E-state index contributed by atoms with van der Waals surface area (Å²) in [7, 11) is 0. The maximum Gasteiger partial charge on any atom is 0.224 e. The number of morpholine rings is 1. The molecule has 0 aromatic carbocycles. The highest BCUT2D eigenvalue weighted by molar-refractivity contribution is 14.1. The van der Waals surface area contributed by atoms with Gasteiger partial charge in [-0.15, -0.1) is 0 Å². The largest absolute Gasteiger partial charge is 0.378 e. The van der Waals surface area contributed by atoms with Gasteiger partial charge in [0.2, 0.25) is 5.91 Å². The molecular weight excluding hydrogens is 321 g/mol. The summed E-state index contributed by atoms with van der Waals surface area (Å²) in [5.74, 6) is 0.189. The van der Waals surface area contributed by atoms with Gasteiger partial charge in [-0.2, -0.15) is 5.10 Å². The molecule has 0 radical (unpaired) electrons. The third-order valence-electron chi connectivity index (χ3n) is 2.52. The number of halogens is 1. The van der Waals surface area contributed by atoms with Crippen LogP contribution in [-0.2, 0) is 16.1 Å². The lowest BCUT2D eigenvalue weighted by Crippen LogP contribution is -2.40. The van der Waals surface area contributed by atoms with Crippen molar-refractivity contribution >= 4 is 28.5 Å². The second-order valence-corrected chi connectivity index (χ2v) is 4.91. The van der Waals surface area contributed by atoms with Crippen molar-refractivity contribution in [3.63, 3.8) is 0 Å². The molecule has 0 saturated carbocycles.